The Kier molecular flexibility index (Phi) is 5.16. The van der Waals surface area contributed by atoms with E-state index in [0.29, 0.717) is 30.8 Å². The fraction of sp³-hybridized carbons (Fsp3) is 0.360. The van der Waals surface area contributed by atoms with Crippen molar-refractivity contribution in [2.45, 2.75) is 35.0 Å². The van der Waals surface area contributed by atoms with Crippen LogP contribution in [0.4, 0.5) is 18.9 Å². The summed E-state index contributed by atoms with van der Waals surface area (Å²) in [7, 11) is -2.21. The number of sulfone groups is 1. The van der Waals surface area contributed by atoms with E-state index < -0.39 is 49.5 Å². The molecule has 5 atom stereocenters. The molecule has 2 aromatic carbocycles. The maximum Gasteiger partial charge on any atom is 0.255 e. The van der Waals surface area contributed by atoms with Gasteiger partial charge in [-0.25, -0.2) is 26.6 Å². The predicted molar refractivity (Wildman–Crippen MR) is 127 cm³/mol. The molecule has 2 N–H and O–H groups in total. The Morgan fingerprint density at radius 1 is 1.19 bits per heavy atom. The number of aryl methyl sites for hydroxylation is 1. The number of nitrogens with zero attached hydrogens (tertiary/aromatic N) is 2. The van der Waals surface area contributed by atoms with Gasteiger partial charge in [-0.05, 0) is 49.3 Å². The molecule has 1 aromatic heterocycles. The van der Waals surface area contributed by atoms with Gasteiger partial charge in [0.05, 0.1) is 15.2 Å². The minimum absolute atomic E-state index is 0.0640. The third-order valence-corrected chi connectivity index (χ3v) is 11.3. The lowest BCUT2D eigenvalue weighted by atomic mass is 9.27. The molecule has 12 heteroatoms. The lowest BCUT2D eigenvalue weighted by Crippen LogP contribution is -2.83. The molecule has 1 heterocycles. The summed E-state index contributed by atoms with van der Waals surface area (Å²) in [6.07, 6.45) is 4.91. The van der Waals surface area contributed by atoms with Crippen molar-refractivity contribution in [1.82, 2.24) is 9.55 Å². The molecule has 0 saturated heterocycles. The molecule has 1 amide bonds. The first-order chi connectivity index (χ1) is 17.4. The summed E-state index contributed by atoms with van der Waals surface area (Å²) in [5.74, 6) is -5.51. The number of carbonyl (C=O) groups is 1. The lowest BCUT2D eigenvalue weighted by Gasteiger charge is -2.80. The standard InChI is InChI=1S/C25H21ClF3N3O4S/c1-32-7-6-30-23(32)25(34)11-15-21(14-4-5-24(14,15)25)37(35,36)19-8-12(2-3-16(19)26)22(33)31-13-9-17(27)20(29)18(28)10-13/h2-3,6-10,14-15,21,34H,4-5,11H2,1H3,(H,31,33)/t14?,15?,21-,24-,25-/m0/s1. The summed E-state index contributed by atoms with van der Waals surface area (Å²) in [6.45, 7) is 0. The molecule has 37 heavy (non-hydrogen) atoms. The van der Waals surface area contributed by atoms with Gasteiger partial charge in [0.25, 0.3) is 5.91 Å². The van der Waals surface area contributed by atoms with Crippen molar-refractivity contribution in [3.8, 4) is 0 Å². The number of carbonyl (C=O) groups excluding carboxylic acids is 1. The minimum atomic E-state index is -4.00. The monoisotopic (exact) mass is 551 g/mol. The molecule has 7 nitrogen and oxygen atoms in total. The molecule has 2 unspecified atom stereocenters. The normalized spacial score (nSPS) is 29.8. The third kappa shape index (κ3) is 3.07. The van der Waals surface area contributed by atoms with Gasteiger partial charge in [0.1, 0.15) is 11.4 Å². The van der Waals surface area contributed by atoms with Crippen molar-refractivity contribution < 1.29 is 31.5 Å². The number of halogens is 4. The van der Waals surface area contributed by atoms with Gasteiger partial charge in [0, 0.05) is 48.2 Å². The molecule has 194 valence electrons. The molecule has 0 radical (unpaired) electrons. The number of benzene rings is 2. The summed E-state index contributed by atoms with van der Waals surface area (Å²) in [5, 5.41) is 12.9. The number of imidazole rings is 1. The second kappa shape index (κ2) is 7.81. The highest BCUT2D eigenvalue weighted by Gasteiger charge is 2.85. The molecule has 1 spiro atoms. The van der Waals surface area contributed by atoms with Crippen LogP contribution in [0.3, 0.4) is 0 Å². The van der Waals surface area contributed by atoms with E-state index in [1.807, 2.05) is 0 Å². The molecule has 0 aliphatic heterocycles. The van der Waals surface area contributed by atoms with Crippen LogP contribution >= 0.6 is 11.6 Å². The largest absolute Gasteiger partial charge is 0.381 e. The van der Waals surface area contributed by atoms with Crippen molar-refractivity contribution >= 4 is 33.0 Å². The van der Waals surface area contributed by atoms with E-state index in [4.69, 9.17) is 11.6 Å². The van der Waals surface area contributed by atoms with E-state index >= 15 is 0 Å². The van der Waals surface area contributed by atoms with E-state index in [9.17, 15) is 31.5 Å². The lowest BCUT2D eigenvalue weighted by molar-refractivity contribution is -0.353. The topological polar surface area (TPSA) is 101 Å². The van der Waals surface area contributed by atoms with Gasteiger partial charge in [-0.15, -0.1) is 0 Å². The molecule has 3 aromatic rings. The van der Waals surface area contributed by atoms with E-state index in [0.717, 1.165) is 6.07 Å². The van der Waals surface area contributed by atoms with E-state index in [1.165, 1.54) is 12.1 Å². The Bertz CT molecular complexity index is 1560. The van der Waals surface area contributed by atoms with E-state index in [-0.39, 0.29) is 39.4 Å². The van der Waals surface area contributed by atoms with Crippen molar-refractivity contribution in [1.29, 1.82) is 0 Å². The molecular formula is C25H21ClF3N3O4S. The number of nitrogens with one attached hydrogen (secondary N) is 1. The van der Waals surface area contributed by atoms with Crippen LogP contribution in [0.2, 0.25) is 5.02 Å². The molecule has 3 saturated carbocycles. The van der Waals surface area contributed by atoms with Crippen LogP contribution in [0.25, 0.3) is 0 Å². The van der Waals surface area contributed by atoms with Crippen LogP contribution in [0.1, 0.15) is 35.4 Å². The first-order valence-electron chi connectivity index (χ1n) is 11.6. The number of aromatic nitrogens is 2. The minimum Gasteiger partial charge on any atom is -0.381 e. The zero-order chi connectivity index (χ0) is 26.5. The number of rotatable bonds is 5. The summed E-state index contributed by atoms with van der Waals surface area (Å²) in [5.41, 5.74) is -2.19. The van der Waals surface area contributed by atoms with Crippen LogP contribution < -0.4 is 5.32 Å². The molecule has 3 aliphatic rings. The Labute approximate surface area is 215 Å². The van der Waals surface area contributed by atoms with Crippen LogP contribution in [-0.2, 0) is 22.5 Å². The van der Waals surface area contributed by atoms with Gasteiger partial charge < -0.3 is 15.0 Å². The third-order valence-electron chi connectivity index (χ3n) is 8.56. The predicted octanol–water partition coefficient (Wildman–Crippen LogP) is 4.20. The quantitative estimate of drug-likeness (QED) is 0.463. The van der Waals surface area contributed by atoms with Crippen molar-refractivity contribution in [2.24, 2.45) is 24.3 Å². The van der Waals surface area contributed by atoms with Gasteiger partial charge >= 0.3 is 0 Å². The van der Waals surface area contributed by atoms with Gasteiger partial charge in [0.2, 0.25) is 0 Å². The van der Waals surface area contributed by atoms with Gasteiger partial charge in [-0.2, -0.15) is 0 Å². The van der Waals surface area contributed by atoms with E-state index in [2.05, 4.69) is 10.3 Å². The van der Waals surface area contributed by atoms with Gasteiger partial charge in [-0.1, -0.05) is 11.6 Å². The molecule has 3 aliphatic carbocycles. The van der Waals surface area contributed by atoms with Gasteiger partial charge in [-0.3, -0.25) is 4.79 Å². The van der Waals surface area contributed by atoms with Gasteiger partial charge in [0.15, 0.2) is 27.3 Å². The summed E-state index contributed by atoms with van der Waals surface area (Å²) in [6, 6.07) is 4.92. The van der Waals surface area contributed by atoms with Crippen molar-refractivity contribution in [3.63, 3.8) is 0 Å². The zero-order valence-electron chi connectivity index (χ0n) is 19.4. The summed E-state index contributed by atoms with van der Waals surface area (Å²) in [4.78, 5) is 16.8. The fourth-order valence-electron chi connectivity index (χ4n) is 6.83. The van der Waals surface area contributed by atoms with E-state index in [1.54, 1.807) is 24.0 Å². The molecular weight excluding hydrogens is 531 g/mol. The maximum atomic E-state index is 13.8. The summed E-state index contributed by atoms with van der Waals surface area (Å²) >= 11 is 6.28. The molecule has 0 bridgehead atoms. The number of hydrogen-bond donors (Lipinski definition) is 2. The first kappa shape index (κ1) is 24.4. The highest BCUT2D eigenvalue weighted by molar-refractivity contribution is 7.92. The van der Waals surface area contributed by atoms with Crippen LogP contribution in [-0.4, -0.2) is 34.2 Å². The van der Waals surface area contributed by atoms with Crippen LogP contribution in [0.5, 0.6) is 0 Å². The molecule has 3 fully saturated rings. The maximum absolute atomic E-state index is 13.8. The Morgan fingerprint density at radius 3 is 2.46 bits per heavy atom. The Balaban J connectivity index is 1.28. The number of amides is 1. The van der Waals surface area contributed by atoms with Crippen molar-refractivity contribution in [2.75, 3.05) is 5.32 Å². The highest BCUT2D eigenvalue weighted by Crippen LogP contribution is 2.82. The first-order valence-corrected chi connectivity index (χ1v) is 13.5. The average molecular weight is 552 g/mol. The van der Waals surface area contributed by atoms with Crippen LogP contribution in [0, 0.1) is 34.7 Å². The molecule has 6 rings (SSSR count). The summed E-state index contributed by atoms with van der Waals surface area (Å²) < 4.78 is 69.6. The smallest absolute Gasteiger partial charge is 0.255 e. The second-order valence-corrected chi connectivity index (χ2v) is 12.6. The zero-order valence-corrected chi connectivity index (χ0v) is 21.0. The SMILES string of the molecule is Cn1ccnc1[C@@]1(O)CC2[C@@H](S(=O)(=O)c3cc(C(=O)Nc4cc(F)c(F)c(F)c4)ccc3Cl)C3CC[C@]321. The fourth-order valence-corrected chi connectivity index (χ4v) is 9.77. The average Bonchev–Trinajstić information content (AvgIpc) is 3.24. The number of anilines is 1. The Hall–Kier alpha value is -2.89. The second-order valence-electron chi connectivity index (χ2n) is 10.1. The Morgan fingerprint density at radius 2 is 1.89 bits per heavy atom. The van der Waals surface area contributed by atoms with Crippen LogP contribution in [0.15, 0.2) is 47.6 Å². The number of hydrogen-bond acceptors (Lipinski definition) is 5. The number of aliphatic hydroxyl groups is 1. The van der Waals surface area contributed by atoms with Crippen molar-refractivity contribution in [3.05, 3.63) is 76.6 Å². The highest BCUT2D eigenvalue weighted by atomic mass is 35.5.